The number of aromatic nitrogens is 3. The summed E-state index contributed by atoms with van der Waals surface area (Å²) < 4.78 is 4.99. The molecule has 0 saturated carbocycles. The van der Waals surface area contributed by atoms with Crippen LogP contribution >= 0.6 is 0 Å². The lowest BCUT2D eigenvalue weighted by molar-refractivity contribution is -0.120. The molecular weight excluding hydrogens is 382 g/mol. The molecule has 5 rings (SSSR count). The van der Waals surface area contributed by atoms with Crippen LogP contribution in [0.2, 0.25) is 0 Å². The van der Waals surface area contributed by atoms with Gasteiger partial charge in [-0.1, -0.05) is 12.1 Å². The van der Waals surface area contributed by atoms with E-state index in [1.807, 2.05) is 30.3 Å². The molecule has 0 fully saturated rings. The first-order valence-corrected chi connectivity index (χ1v) is 9.74. The second-order valence-electron chi connectivity index (χ2n) is 7.41. The molecule has 1 aromatic carbocycles. The summed E-state index contributed by atoms with van der Waals surface area (Å²) in [5.74, 6) is 0.658. The smallest absolute Gasteiger partial charge is 0.357 e. The predicted molar refractivity (Wildman–Crippen MR) is 110 cm³/mol. The average molecular weight is 401 g/mol. The Morgan fingerprint density at radius 3 is 2.90 bits per heavy atom. The maximum absolute atomic E-state index is 12.8. The molecule has 1 amide bonds. The first-order chi connectivity index (χ1) is 14.6. The largest absolute Gasteiger partial charge is 0.461 e. The van der Waals surface area contributed by atoms with Crippen LogP contribution in [0.4, 0.5) is 17.3 Å². The lowest BCUT2D eigenvalue weighted by atomic mass is 9.79. The molecule has 2 aliphatic rings. The Kier molecular flexibility index (Phi) is 4.20. The first-order valence-electron chi connectivity index (χ1n) is 9.74. The fourth-order valence-corrected chi connectivity index (χ4v) is 4.24. The Labute approximate surface area is 172 Å². The van der Waals surface area contributed by atoms with E-state index in [4.69, 9.17) is 4.74 Å². The average Bonchev–Trinajstić information content (AvgIpc) is 3.26. The summed E-state index contributed by atoms with van der Waals surface area (Å²) in [4.78, 5) is 37.2. The molecule has 0 radical (unpaired) electrons. The van der Waals surface area contributed by atoms with Gasteiger partial charge in [0.05, 0.1) is 12.0 Å². The number of nitrogens with one attached hydrogen (secondary N) is 2. The zero-order valence-corrected chi connectivity index (χ0v) is 16.3. The number of esters is 1. The highest BCUT2D eigenvalue weighted by atomic mass is 16.5. The highest BCUT2D eigenvalue weighted by Gasteiger charge is 2.51. The summed E-state index contributed by atoms with van der Waals surface area (Å²) >= 11 is 0. The summed E-state index contributed by atoms with van der Waals surface area (Å²) in [7, 11) is 0. The molecule has 1 unspecified atom stereocenters. The van der Waals surface area contributed by atoms with Crippen LogP contribution < -0.4 is 10.6 Å². The van der Waals surface area contributed by atoms with E-state index < -0.39 is 11.4 Å². The van der Waals surface area contributed by atoms with Gasteiger partial charge in [-0.05, 0) is 49.1 Å². The highest BCUT2D eigenvalue weighted by molar-refractivity contribution is 6.06. The summed E-state index contributed by atoms with van der Waals surface area (Å²) in [6, 6.07) is 11.4. The molecule has 2 N–H and O–H groups in total. The maximum atomic E-state index is 12.8. The number of ether oxygens (including phenoxy) is 1. The Bertz CT molecular complexity index is 1180. The molecule has 1 spiro atoms. The minimum atomic E-state index is -0.601. The van der Waals surface area contributed by atoms with Gasteiger partial charge in [0.15, 0.2) is 5.69 Å². The van der Waals surface area contributed by atoms with Gasteiger partial charge in [0.1, 0.15) is 18.0 Å². The van der Waals surface area contributed by atoms with Crippen LogP contribution in [-0.2, 0) is 27.8 Å². The number of amides is 1. The van der Waals surface area contributed by atoms with Gasteiger partial charge in [0.2, 0.25) is 5.91 Å². The van der Waals surface area contributed by atoms with Crippen LogP contribution in [0.15, 0.2) is 48.9 Å². The molecule has 150 valence electrons. The highest BCUT2D eigenvalue weighted by Crippen LogP contribution is 2.47. The van der Waals surface area contributed by atoms with Crippen LogP contribution in [0.25, 0.3) is 0 Å². The van der Waals surface area contributed by atoms with Crippen molar-refractivity contribution in [3.63, 3.8) is 0 Å². The van der Waals surface area contributed by atoms with E-state index in [0.717, 1.165) is 22.4 Å². The van der Waals surface area contributed by atoms with Crippen LogP contribution in [0.3, 0.4) is 0 Å². The van der Waals surface area contributed by atoms with Crippen molar-refractivity contribution in [2.45, 2.75) is 25.2 Å². The lowest BCUT2D eigenvalue weighted by Crippen LogP contribution is -2.35. The molecule has 8 heteroatoms. The fourth-order valence-electron chi connectivity index (χ4n) is 4.24. The van der Waals surface area contributed by atoms with E-state index in [1.165, 1.54) is 6.33 Å². The molecule has 1 atom stereocenters. The maximum Gasteiger partial charge on any atom is 0.357 e. The van der Waals surface area contributed by atoms with Gasteiger partial charge in [0, 0.05) is 23.5 Å². The number of fused-ring (bicyclic) bond motifs is 3. The van der Waals surface area contributed by atoms with Gasteiger partial charge in [-0.25, -0.2) is 19.7 Å². The van der Waals surface area contributed by atoms with Crippen molar-refractivity contribution >= 4 is 29.2 Å². The predicted octanol–water partition coefficient (Wildman–Crippen LogP) is 2.78. The summed E-state index contributed by atoms with van der Waals surface area (Å²) in [5.41, 5.74) is 3.62. The molecule has 2 aromatic heterocycles. The number of hydrogen-bond acceptors (Lipinski definition) is 7. The zero-order chi connectivity index (χ0) is 20.7. The molecule has 3 heterocycles. The molecule has 30 heavy (non-hydrogen) atoms. The van der Waals surface area contributed by atoms with Crippen LogP contribution in [-0.4, -0.2) is 33.4 Å². The molecule has 3 aromatic rings. The van der Waals surface area contributed by atoms with Gasteiger partial charge in [-0.15, -0.1) is 0 Å². The van der Waals surface area contributed by atoms with Crippen molar-refractivity contribution in [1.82, 2.24) is 15.0 Å². The van der Waals surface area contributed by atoms with Crippen LogP contribution in [0.5, 0.6) is 0 Å². The molecule has 0 saturated heterocycles. The monoisotopic (exact) mass is 401 g/mol. The second kappa shape index (κ2) is 6.91. The standard InChI is InChI=1S/C22H19N5O3/c1-2-30-20(28)17-9-18(25-12-24-17)26-15-6-5-13-10-22(11-14(13)8-15)16-4-3-7-23-19(16)27-21(22)29/h3-9,12H,2,10-11H2,1H3,(H,23,27,29)(H,24,25,26). The Morgan fingerprint density at radius 1 is 1.17 bits per heavy atom. The third kappa shape index (κ3) is 2.88. The second-order valence-corrected chi connectivity index (χ2v) is 7.41. The number of hydrogen-bond donors (Lipinski definition) is 2. The van der Waals surface area contributed by atoms with Gasteiger partial charge in [0.25, 0.3) is 0 Å². The number of carbonyl (C=O) groups is 2. The van der Waals surface area contributed by atoms with Gasteiger partial charge in [-0.3, -0.25) is 4.79 Å². The number of nitrogens with zero attached hydrogens (tertiary/aromatic N) is 3. The number of benzene rings is 1. The van der Waals surface area contributed by atoms with Crippen LogP contribution in [0, 0.1) is 0 Å². The minimum Gasteiger partial charge on any atom is -0.461 e. The van der Waals surface area contributed by atoms with E-state index in [2.05, 4.69) is 25.6 Å². The number of pyridine rings is 1. The number of carbonyl (C=O) groups excluding carboxylic acids is 2. The van der Waals surface area contributed by atoms with Crippen molar-refractivity contribution in [3.05, 3.63) is 71.3 Å². The summed E-state index contributed by atoms with van der Waals surface area (Å²) in [6.07, 6.45) is 4.27. The first kappa shape index (κ1) is 18.2. The minimum absolute atomic E-state index is 0.00297. The van der Waals surface area contributed by atoms with E-state index in [-0.39, 0.29) is 18.2 Å². The van der Waals surface area contributed by atoms with Crippen molar-refractivity contribution in [2.75, 3.05) is 17.2 Å². The van der Waals surface area contributed by atoms with Crippen molar-refractivity contribution in [3.8, 4) is 0 Å². The van der Waals surface area contributed by atoms with Gasteiger partial charge < -0.3 is 15.4 Å². The van der Waals surface area contributed by atoms with Crippen molar-refractivity contribution in [1.29, 1.82) is 0 Å². The molecule has 1 aliphatic heterocycles. The SMILES string of the molecule is CCOC(=O)c1cc(Nc2ccc3c(c2)CC2(C3)C(=O)Nc3ncccc32)ncn1. The van der Waals surface area contributed by atoms with E-state index in [1.54, 1.807) is 19.2 Å². The quantitative estimate of drug-likeness (QED) is 0.648. The lowest BCUT2D eigenvalue weighted by Gasteiger charge is -2.20. The summed E-state index contributed by atoms with van der Waals surface area (Å²) in [5, 5.41) is 6.13. The van der Waals surface area contributed by atoms with E-state index in [9.17, 15) is 9.59 Å². The molecule has 0 bridgehead atoms. The fraction of sp³-hybridized carbons (Fsp3) is 0.227. The topological polar surface area (TPSA) is 106 Å². The van der Waals surface area contributed by atoms with Gasteiger partial charge >= 0.3 is 5.97 Å². The number of rotatable bonds is 4. The van der Waals surface area contributed by atoms with Gasteiger partial charge in [-0.2, -0.15) is 0 Å². The van der Waals surface area contributed by atoms with Crippen molar-refractivity contribution in [2.24, 2.45) is 0 Å². The third-order valence-electron chi connectivity index (χ3n) is 5.60. The molecule has 8 nitrogen and oxygen atoms in total. The normalized spacial score (nSPS) is 18.6. The third-order valence-corrected chi connectivity index (χ3v) is 5.60. The Hall–Kier alpha value is -3.81. The summed E-state index contributed by atoms with van der Waals surface area (Å²) in [6.45, 7) is 2.03. The van der Waals surface area contributed by atoms with E-state index >= 15 is 0 Å². The van der Waals surface area contributed by atoms with E-state index in [0.29, 0.717) is 24.5 Å². The Morgan fingerprint density at radius 2 is 2.03 bits per heavy atom. The van der Waals surface area contributed by atoms with Crippen LogP contribution in [0.1, 0.15) is 34.1 Å². The number of anilines is 3. The molecular formula is C22H19N5O3. The molecule has 1 aliphatic carbocycles. The van der Waals surface area contributed by atoms with Crippen molar-refractivity contribution < 1.29 is 14.3 Å². The Balaban J connectivity index is 1.41. The zero-order valence-electron chi connectivity index (χ0n) is 16.3.